The number of amides is 1. The molecule has 0 aromatic heterocycles. The standard InChI is InChI=1S/C23H16ClNO2/c24-19-11-8-18(9-12-19)15-25-21-13-10-17(14-20(21)22(26)23(25)27)7-6-16-4-2-1-3-5-16/h1-14H,15H2/b7-6+. The number of carbonyl (C=O) groups excluding carboxylic acids is 2. The van der Waals surface area contributed by atoms with Crippen LogP contribution < -0.4 is 4.90 Å². The van der Waals surface area contributed by atoms with Crippen molar-refractivity contribution in [2.24, 2.45) is 0 Å². The molecule has 4 rings (SSSR count). The number of fused-ring (bicyclic) bond motifs is 1. The van der Waals surface area contributed by atoms with Crippen LogP contribution in [0.25, 0.3) is 12.2 Å². The van der Waals surface area contributed by atoms with E-state index in [4.69, 9.17) is 11.6 Å². The van der Waals surface area contributed by atoms with Crippen molar-refractivity contribution in [2.75, 3.05) is 4.90 Å². The van der Waals surface area contributed by atoms with Crippen LogP contribution in [-0.2, 0) is 11.3 Å². The number of halogens is 1. The number of Topliss-reactive ketones (excluding diaryl/α,β-unsaturated/α-hetero) is 1. The zero-order valence-electron chi connectivity index (χ0n) is 14.4. The minimum absolute atomic E-state index is 0.341. The number of benzene rings is 3. The molecule has 0 aliphatic carbocycles. The van der Waals surface area contributed by atoms with Crippen LogP contribution in [0.2, 0.25) is 5.02 Å². The lowest BCUT2D eigenvalue weighted by molar-refractivity contribution is -0.114. The van der Waals surface area contributed by atoms with Gasteiger partial charge in [0.15, 0.2) is 0 Å². The number of anilines is 1. The molecule has 0 N–H and O–H groups in total. The van der Waals surface area contributed by atoms with Crippen molar-refractivity contribution in [1.29, 1.82) is 0 Å². The SMILES string of the molecule is O=C1C(=O)N(Cc2ccc(Cl)cc2)c2ccc(/C=C/c3ccccc3)cc21. The molecule has 132 valence electrons. The molecule has 3 nitrogen and oxygen atoms in total. The smallest absolute Gasteiger partial charge is 0.299 e. The van der Waals surface area contributed by atoms with Gasteiger partial charge in [0.25, 0.3) is 11.7 Å². The zero-order chi connectivity index (χ0) is 18.8. The summed E-state index contributed by atoms with van der Waals surface area (Å²) in [4.78, 5) is 26.4. The molecule has 0 atom stereocenters. The van der Waals surface area contributed by atoms with E-state index < -0.39 is 11.7 Å². The monoisotopic (exact) mass is 373 g/mol. The first-order chi connectivity index (χ1) is 13.1. The minimum atomic E-state index is -0.496. The van der Waals surface area contributed by atoms with E-state index in [9.17, 15) is 9.59 Å². The van der Waals surface area contributed by atoms with Crippen LogP contribution in [0.3, 0.4) is 0 Å². The third-order valence-electron chi connectivity index (χ3n) is 4.52. The number of hydrogen-bond donors (Lipinski definition) is 0. The summed E-state index contributed by atoms with van der Waals surface area (Å²) in [5.41, 5.74) is 3.97. The van der Waals surface area contributed by atoms with Crippen molar-refractivity contribution in [3.8, 4) is 0 Å². The largest absolute Gasteiger partial charge is 0.300 e. The Morgan fingerprint density at radius 2 is 1.52 bits per heavy atom. The highest BCUT2D eigenvalue weighted by Gasteiger charge is 2.35. The van der Waals surface area contributed by atoms with Gasteiger partial charge in [-0.15, -0.1) is 0 Å². The minimum Gasteiger partial charge on any atom is -0.300 e. The van der Waals surface area contributed by atoms with Gasteiger partial charge in [-0.3, -0.25) is 9.59 Å². The summed E-state index contributed by atoms with van der Waals surface area (Å²) >= 11 is 5.91. The van der Waals surface area contributed by atoms with E-state index in [1.165, 1.54) is 4.90 Å². The Labute approximate surface area is 162 Å². The lowest BCUT2D eigenvalue weighted by Gasteiger charge is -2.16. The third kappa shape index (κ3) is 3.55. The molecule has 0 fully saturated rings. The molecule has 3 aromatic carbocycles. The lowest BCUT2D eigenvalue weighted by Crippen LogP contribution is -2.29. The number of carbonyl (C=O) groups is 2. The van der Waals surface area contributed by atoms with E-state index in [1.54, 1.807) is 18.2 Å². The molecule has 0 saturated carbocycles. The quantitative estimate of drug-likeness (QED) is 0.463. The highest BCUT2D eigenvalue weighted by atomic mass is 35.5. The second kappa shape index (κ2) is 7.22. The summed E-state index contributed by atoms with van der Waals surface area (Å²) in [5.74, 6) is -0.960. The Hall–Kier alpha value is -3.17. The maximum atomic E-state index is 12.5. The molecule has 0 radical (unpaired) electrons. The molecule has 1 aliphatic heterocycles. The fraction of sp³-hybridized carbons (Fsp3) is 0.0435. The molecular weight excluding hydrogens is 358 g/mol. The Balaban J connectivity index is 1.61. The van der Waals surface area contributed by atoms with Crippen LogP contribution in [0.15, 0.2) is 72.8 Å². The average molecular weight is 374 g/mol. The first kappa shape index (κ1) is 17.3. The summed E-state index contributed by atoms with van der Waals surface area (Å²) in [6.07, 6.45) is 3.92. The second-order valence-corrected chi connectivity index (χ2v) is 6.80. The molecular formula is C23H16ClNO2. The van der Waals surface area contributed by atoms with Crippen molar-refractivity contribution in [3.05, 3.63) is 100 Å². The number of hydrogen-bond acceptors (Lipinski definition) is 2. The molecule has 1 amide bonds. The van der Waals surface area contributed by atoms with Gasteiger partial charge in [0.2, 0.25) is 0 Å². The van der Waals surface area contributed by atoms with Gasteiger partial charge in [-0.25, -0.2) is 0 Å². The maximum Gasteiger partial charge on any atom is 0.299 e. The third-order valence-corrected chi connectivity index (χ3v) is 4.77. The van der Waals surface area contributed by atoms with Gasteiger partial charge in [-0.2, -0.15) is 0 Å². The molecule has 1 aliphatic rings. The van der Waals surface area contributed by atoms with Crippen LogP contribution in [-0.4, -0.2) is 11.7 Å². The van der Waals surface area contributed by atoms with Crippen molar-refractivity contribution in [1.82, 2.24) is 0 Å². The van der Waals surface area contributed by atoms with Gasteiger partial charge in [0.1, 0.15) is 0 Å². The van der Waals surface area contributed by atoms with Gasteiger partial charge in [0, 0.05) is 5.02 Å². The Kier molecular flexibility index (Phi) is 4.61. The average Bonchev–Trinajstić information content (AvgIpc) is 2.93. The van der Waals surface area contributed by atoms with Crippen LogP contribution in [0, 0.1) is 0 Å². The fourth-order valence-corrected chi connectivity index (χ4v) is 3.23. The topological polar surface area (TPSA) is 37.4 Å². The fourth-order valence-electron chi connectivity index (χ4n) is 3.11. The van der Waals surface area contributed by atoms with Gasteiger partial charge in [0.05, 0.1) is 17.8 Å². The number of ketones is 1. The summed E-state index contributed by atoms with van der Waals surface area (Å²) in [5, 5.41) is 0.637. The lowest BCUT2D eigenvalue weighted by atomic mass is 10.1. The highest BCUT2D eigenvalue weighted by molar-refractivity contribution is 6.52. The van der Waals surface area contributed by atoms with Crippen LogP contribution >= 0.6 is 11.6 Å². The van der Waals surface area contributed by atoms with Crippen LogP contribution in [0.4, 0.5) is 5.69 Å². The second-order valence-electron chi connectivity index (χ2n) is 6.37. The first-order valence-electron chi connectivity index (χ1n) is 8.59. The van der Waals surface area contributed by atoms with Crippen LogP contribution in [0.5, 0.6) is 0 Å². The Morgan fingerprint density at radius 3 is 2.26 bits per heavy atom. The van der Waals surface area contributed by atoms with E-state index >= 15 is 0 Å². The van der Waals surface area contributed by atoms with E-state index in [0.717, 1.165) is 16.7 Å². The summed E-state index contributed by atoms with van der Waals surface area (Å²) in [6.45, 7) is 0.341. The molecule has 4 heteroatoms. The molecule has 0 unspecified atom stereocenters. The zero-order valence-corrected chi connectivity index (χ0v) is 15.2. The van der Waals surface area contributed by atoms with E-state index in [0.29, 0.717) is 22.8 Å². The molecule has 0 spiro atoms. The van der Waals surface area contributed by atoms with Crippen LogP contribution in [0.1, 0.15) is 27.0 Å². The molecule has 0 bridgehead atoms. The number of rotatable bonds is 4. The summed E-state index contributed by atoms with van der Waals surface area (Å²) in [6, 6.07) is 22.7. The van der Waals surface area contributed by atoms with E-state index in [2.05, 4.69) is 0 Å². The van der Waals surface area contributed by atoms with Gasteiger partial charge >= 0.3 is 0 Å². The van der Waals surface area contributed by atoms with Gasteiger partial charge in [-0.1, -0.05) is 72.3 Å². The number of nitrogens with zero attached hydrogens (tertiary/aromatic N) is 1. The van der Waals surface area contributed by atoms with Gasteiger partial charge in [-0.05, 0) is 41.0 Å². The Bertz CT molecular complexity index is 1040. The van der Waals surface area contributed by atoms with E-state index in [-0.39, 0.29) is 0 Å². The van der Waals surface area contributed by atoms with Crippen molar-refractivity contribution in [2.45, 2.75) is 6.54 Å². The predicted molar refractivity (Wildman–Crippen MR) is 109 cm³/mol. The molecule has 3 aromatic rings. The Morgan fingerprint density at radius 1 is 0.815 bits per heavy atom. The molecule has 0 saturated heterocycles. The highest BCUT2D eigenvalue weighted by Crippen LogP contribution is 2.31. The summed E-state index contributed by atoms with van der Waals surface area (Å²) < 4.78 is 0. The van der Waals surface area contributed by atoms with Crippen molar-refractivity contribution in [3.63, 3.8) is 0 Å². The normalized spacial score (nSPS) is 13.4. The van der Waals surface area contributed by atoms with Crippen molar-refractivity contribution >= 4 is 41.1 Å². The molecule has 27 heavy (non-hydrogen) atoms. The van der Waals surface area contributed by atoms with Gasteiger partial charge < -0.3 is 4.90 Å². The van der Waals surface area contributed by atoms with E-state index in [1.807, 2.05) is 66.7 Å². The molecule has 1 heterocycles. The van der Waals surface area contributed by atoms with Crippen molar-refractivity contribution < 1.29 is 9.59 Å². The maximum absolute atomic E-state index is 12.5. The summed E-state index contributed by atoms with van der Waals surface area (Å²) in [7, 11) is 0. The predicted octanol–water partition coefficient (Wildman–Crippen LogP) is 5.24. The first-order valence-corrected chi connectivity index (χ1v) is 8.97.